The molecule has 0 unspecified atom stereocenters. The average molecular weight is 394 g/mol. The van der Waals surface area contributed by atoms with Crippen LogP contribution in [0.3, 0.4) is 0 Å². The predicted molar refractivity (Wildman–Crippen MR) is 109 cm³/mol. The molecule has 0 atom stereocenters. The topological polar surface area (TPSA) is 131 Å². The fourth-order valence-corrected chi connectivity index (χ4v) is 2.59. The number of methoxy groups -OCH3 is 1. The van der Waals surface area contributed by atoms with Gasteiger partial charge in [-0.1, -0.05) is 12.1 Å². The van der Waals surface area contributed by atoms with Crippen LogP contribution in [0.1, 0.15) is 6.92 Å². The van der Waals surface area contributed by atoms with E-state index in [1.807, 2.05) is 0 Å². The van der Waals surface area contributed by atoms with Crippen molar-refractivity contribution in [2.45, 2.75) is 6.92 Å². The second kappa shape index (κ2) is 8.65. The van der Waals surface area contributed by atoms with E-state index in [0.717, 1.165) is 0 Å². The predicted octanol–water partition coefficient (Wildman–Crippen LogP) is 3.84. The molecule has 3 rings (SSSR count). The number of rotatable bonds is 7. The Balaban J connectivity index is 1.91. The maximum absolute atomic E-state index is 11.7. The highest BCUT2D eigenvalue weighted by Crippen LogP contribution is 2.35. The quantitative estimate of drug-likeness (QED) is 0.407. The van der Waals surface area contributed by atoms with Crippen molar-refractivity contribution in [1.82, 2.24) is 9.97 Å². The van der Waals surface area contributed by atoms with E-state index in [9.17, 15) is 14.9 Å². The molecular formula is C19H18N6O4. The maximum Gasteiger partial charge on any atom is 0.353 e. The van der Waals surface area contributed by atoms with Gasteiger partial charge in [-0.05, 0) is 36.4 Å². The molecule has 1 amide bonds. The minimum Gasteiger partial charge on any atom is -0.495 e. The van der Waals surface area contributed by atoms with Crippen LogP contribution in [0.4, 0.5) is 34.4 Å². The summed E-state index contributed by atoms with van der Waals surface area (Å²) in [4.78, 5) is 30.3. The van der Waals surface area contributed by atoms with Crippen molar-refractivity contribution < 1.29 is 14.5 Å². The summed E-state index contributed by atoms with van der Waals surface area (Å²) in [5, 5.41) is 20.2. The second-order valence-electron chi connectivity index (χ2n) is 5.89. The van der Waals surface area contributed by atoms with E-state index < -0.39 is 4.92 Å². The molecule has 2 aromatic carbocycles. The van der Waals surface area contributed by atoms with Crippen molar-refractivity contribution in [1.29, 1.82) is 0 Å². The molecule has 0 saturated heterocycles. The summed E-state index contributed by atoms with van der Waals surface area (Å²) >= 11 is 0. The Morgan fingerprint density at radius 2 is 1.62 bits per heavy atom. The highest BCUT2D eigenvalue weighted by atomic mass is 16.6. The standard InChI is InChI=1S/C19H18N6O4/c1-12(26)22-13-7-9-14(10-8-13)23-18-17(25(27)28)19(21-11-20-18)24-15-5-3-4-6-16(15)29-2/h3-11H,1-2H3,(H,22,26)(H2,20,21,23,24). The summed E-state index contributed by atoms with van der Waals surface area (Å²) in [5.41, 5.74) is 1.38. The maximum atomic E-state index is 11.7. The van der Waals surface area contributed by atoms with Crippen LogP contribution in [0.5, 0.6) is 5.75 Å². The van der Waals surface area contributed by atoms with Crippen LogP contribution in [0, 0.1) is 10.1 Å². The zero-order chi connectivity index (χ0) is 20.8. The van der Waals surface area contributed by atoms with E-state index in [4.69, 9.17) is 4.74 Å². The number of amides is 1. The van der Waals surface area contributed by atoms with Crippen molar-refractivity contribution in [2.24, 2.45) is 0 Å². The van der Waals surface area contributed by atoms with Gasteiger partial charge in [-0.2, -0.15) is 0 Å². The first-order valence-corrected chi connectivity index (χ1v) is 8.52. The zero-order valence-electron chi connectivity index (χ0n) is 15.7. The van der Waals surface area contributed by atoms with Crippen LogP contribution in [0.2, 0.25) is 0 Å². The summed E-state index contributed by atoms with van der Waals surface area (Å²) in [6.07, 6.45) is 1.22. The van der Waals surface area contributed by atoms with Crippen LogP contribution in [0.25, 0.3) is 0 Å². The Hall–Kier alpha value is -4.21. The number of hydrogen-bond donors (Lipinski definition) is 3. The summed E-state index contributed by atoms with van der Waals surface area (Å²) in [6.45, 7) is 1.41. The number of anilines is 5. The van der Waals surface area contributed by atoms with E-state index in [1.165, 1.54) is 20.4 Å². The van der Waals surface area contributed by atoms with Crippen LogP contribution in [-0.2, 0) is 4.79 Å². The number of nitro groups is 1. The zero-order valence-corrected chi connectivity index (χ0v) is 15.7. The van der Waals surface area contributed by atoms with E-state index in [1.54, 1.807) is 48.5 Å². The molecule has 0 aliphatic rings. The van der Waals surface area contributed by atoms with Crippen molar-refractivity contribution >= 4 is 40.3 Å². The van der Waals surface area contributed by atoms with Gasteiger partial charge in [0.25, 0.3) is 0 Å². The van der Waals surface area contributed by atoms with Gasteiger partial charge in [-0.25, -0.2) is 9.97 Å². The highest BCUT2D eigenvalue weighted by molar-refractivity contribution is 5.89. The molecule has 10 heteroatoms. The molecule has 0 aliphatic carbocycles. The van der Waals surface area contributed by atoms with Gasteiger partial charge in [0.15, 0.2) is 0 Å². The molecule has 29 heavy (non-hydrogen) atoms. The molecule has 0 radical (unpaired) electrons. The van der Waals surface area contributed by atoms with Gasteiger partial charge < -0.3 is 20.7 Å². The second-order valence-corrected chi connectivity index (χ2v) is 5.89. The number of nitrogens with one attached hydrogen (secondary N) is 3. The minimum absolute atomic E-state index is 0.0202. The number of para-hydroxylation sites is 2. The van der Waals surface area contributed by atoms with Crippen molar-refractivity contribution in [3.8, 4) is 5.75 Å². The Morgan fingerprint density at radius 1 is 1.00 bits per heavy atom. The molecular weight excluding hydrogens is 376 g/mol. The molecule has 0 spiro atoms. The van der Waals surface area contributed by atoms with Gasteiger partial charge in [0.05, 0.1) is 17.7 Å². The van der Waals surface area contributed by atoms with Gasteiger partial charge in [-0.3, -0.25) is 14.9 Å². The number of aromatic nitrogens is 2. The highest BCUT2D eigenvalue weighted by Gasteiger charge is 2.24. The van der Waals surface area contributed by atoms with Gasteiger partial charge in [0, 0.05) is 18.3 Å². The molecule has 0 bridgehead atoms. The third kappa shape index (κ3) is 4.75. The lowest BCUT2D eigenvalue weighted by Crippen LogP contribution is -2.07. The average Bonchev–Trinajstić information content (AvgIpc) is 2.69. The molecule has 3 aromatic rings. The van der Waals surface area contributed by atoms with Gasteiger partial charge in [-0.15, -0.1) is 0 Å². The molecule has 0 saturated carbocycles. The third-order valence-electron chi connectivity index (χ3n) is 3.83. The van der Waals surface area contributed by atoms with Crippen LogP contribution < -0.4 is 20.7 Å². The van der Waals surface area contributed by atoms with Crippen LogP contribution in [0.15, 0.2) is 54.9 Å². The van der Waals surface area contributed by atoms with E-state index in [0.29, 0.717) is 22.8 Å². The minimum atomic E-state index is -0.564. The number of benzene rings is 2. The first-order chi connectivity index (χ1) is 14.0. The summed E-state index contributed by atoms with van der Waals surface area (Å²) in [6, 6.07) is 13.7. The van der Waals surface area contributed by atoms with Crippen molar-refractivity contribution in [2.75, 3.05) is 23.1 Å². The Labute approximate surface area is 166 Å². The molecule has 1 heterocycles. The third-order valence-corrected chi connectivity index (χ3v) is 3.83. The van der Waals surface area contributed by atoms with E-state index in [-0.39, 0.29) is 23.2 Å². The summed E-state index contributed by atoms with van der Waals surface area (Å²) in [5.74, 6) is 0.370. The number of carbonyl (C=O) groups is 1. The lowest BCUT2D eigenvalue weighted by atomic mass is 10.2. The number of ether oxygens (including phenoxy) is 1. The molecule has 148 valence electrons. The molecule has 3 N–H and O–H groups in total. The monoisotopic (exact) mass is 394 g/mol. The fraction of sp³-hybridized carbons (Fsp3) is 0.105. The summed E-state index contributed by atoms with van der Waals surface area (Å²) < 4.78 is 5.26. The van der Waals surface area contributed by atoms with Crippen LogP contribution >= 0.6 is 0 Å². The first-order valence-electron chi connectivity index (χ1n) is 8.52. The van der Waals surface area contributed by atoms with E-state index >= 15 is 0 Å². The van der Waals surface area contributed by atoms with Crippen molar-refractivity contribution in [3.05, 3.63) is 65.0 Å². The smallest absolute Gasteiger partial charge is 0.353 e. The number of nitrogens with zero attached hydrogens (tertiary/aromatic N) is 3. The normalized spacial score (nSPS) is 10.1. The SMILES string of the molecule is COc1ccccc1Nc1ncnc(Nc2ccc(NC(C)=O)cc2)c1[N+](=O)[O-]. The number of hydrogen-bond acceptors (Lipinski definition) is 8. The Kier molecular flexibility index (Phi) is 5.83. The molecule has 0 fully saturated rings. The largest absolute Gasteiger partial charge is 0.495 e. The lowest BCUT2D eigenvalue weighted by molar-refractivity contribution is -0.383. The Bertz CT molecular complexity index is 1040. The fourth-order valence-electron chi connectivity index (χ4n) is 2.59. The van der Waals surface area contributed by atoms with Gasteiger partial charge in [0.1, 0.15) is 12.1 Å². The molecule has 10 nitrogen and oxygen atoms in total. The lowest BCUT2D eigenvalue weighted by Gasteiger charge is -2.12. The van der Waals surface area contributed by atoms with Crippen LogP contribution in [-0.4, -0.2) is 27.9 Å². The first kappa shape index (κ1) is 19.5. The van der Waals surface area contributed by atoms with Gasteiger partial charge >= 0.3 is 5.69 Å². The van der Waals surface area contributed by atoms with E-state index in [2.05, 4.69) is 25.9 Å². The molecule has 0 aliphatic heterocycles. The molecule has 1 aromatic heterocycles. The number of carbonyl (C=O) groups excluding carboxylic acids is 1. The van der Waals surface area contributed by atoms with Crippen molar-refractivity contribution in [3.63, 3.8) is 0 Å². The summed E-state index contributed by atoms with van der Waals surface area (Å²) in [7, 11) is 1.51. The van der Waals surface area contributed by atoms with Gasteiger partial charge in [0.2, 0.25) is 17.5 Å². The Morgan fingerprint density at radius 3 is 2.24 bits per heavy atom.